The number of carbonyl (C=O) groups is 1. The summed E-state index contributed by atoms with van der Waals surface area (Å²) in [6, 6.07) is 14.9. The molecule has 0 aliphatic rings. The van der Waals surface area contributed by atoms with Crippen molar-refractivity contribution >= 4 is 17.2 Å². The Morgan fingerprint density at radius 3 is 2.07 bits per heavy atom. The fourth-order valence-electron chi connectivity index (χ4n) is 2.84. The lowest BCUT2D eigenvalue weighted by Gasteiger charge is -2.07. The normalized spacial score (nSPS) is 11.5. The number of thiazole rings is 1. The maximum atomic E-state index is 12.6. The summed E-state index contributed by atoms with van der Waals surface area (Å²) in [5.41, 5.74) is 2.68. The van der Waals surface area contributed by atoms with Crippen LogP contribution in [0.3, 0.4) is 0 Å². The molecule has 0 aliphatic carbocycles. The van der Waals surface area contributed by atoms with Crippen molar-refractivity contribution in [2.75, 3.05) is 14.2 Å². The van der Waals surface area contributed by atoms with E-state index in [2.05, 4.69) is 11.9 Å². The van der Waals surface area contributed by atoms with E-state index in [1.165, 1.54) is 4.88 Å². The minimum Gasteiger partial charge on any atom is -0.497 e. The molecule has 5 nitrogen and oxygen atoms in total. The minimum atomic E-state index is -0.265. The number of carbonyl (C=O) groups excluding carboxylic acids is 1. The first kappa shape index (κ1) is 18.9. The van der Waals surface area contributed by atoms with E-state index in [0.717, 1.165) is 23.4 Å². The third-order valence-electron chi connectivity index (χ3n) is 4.32. The summed E-state index contributed by atoms with van der Waals surface area (Å²) in [6.07, 6.45) is 0.867. The van der Waals surface area contributed by atoms with E-state index in [4.69, 9.17) is 9.47 Å². The second-order valence-corrected chi connectivity index (χ2v) is 7.01. The molecule has 1 heterocycles. The minimum absolute atomic E-state index is 0.265. The quantitative estimate of drug-likeness (QED) is 0.668. The second kappa shape index (κ2) is 8.22. The molecule has 0 atom stereocenters. The molecule has 2 aromatic carbocycles. The van der Waals surface area contributed by atoms with E-state index in [9.17, 15) is 4.79 Å². The van der Waals surface area contributed by atoms with Gasteiger partial charge in [-0.3, -0.25) is 4.79 Å². The van der Waals surface area contributed by atoms with Crippen LogP contribution in [0.15, 0.2) is 53.5 Å². The zero-order valence-corrected chi connectivity index (χ0v) is 16.7. The van der Waals surface area contributed by atoms with Crippen molar-refractivity contribution in [3.63, 3.8) is 0 Å². The van der Waals surface area contributed by atoms with Gasteiger partial charge in [0, 0.05) is 17.5 Å². The van der Waals surface area contributed by atoms with Gasteiger partial charge in [0.25, 0.3) is 5.91 Å². The average Bonchev–Trinajstić information content (AvgIpc) is 3.03. The van der Waals surface area contributed by atoms with Crippen LogP contribution in [0.2, 0.25) is 0 Å². The Hall–Kier alpha value is -2.86. The van der Waals surface area contributed by atoms with Gasteiger partial charge in [0.2, 0.25) is 0 Å². The highest BCUT2D eigenvalue weighted by Gasteiger charge is 2.13. The number of rotatable bonds is 5. The van der Waals surface area contributed by atoms with Gasteiger partial charge in [-0.2, -0.15) is 4.99 Å². The van der Waals surface area contributed by atoms with E-state index < -0.39 is 0 Å². The molecule has 27 heavy (non-hydrogen) atoms. The predicted octanol–water partition coefficient (Wildman–Crippen LogP) is 4.07. The number of methoxy groups -OCH3 is 2. The standard InChI is InChI=1S/C21H22N2O3S/c1-5-18-19(14-6-10-16(25-3)11-7-14)23(2)21(27-18)22-20(24)15-8-12-17(26-4)13-9-15/h6-13H,5H2,1-4H3. The topological polar surface area (TPSA) is 52.8 Å². The zero-order chi connectivity index (χ0) is 19.4. The molecule has 0 aliphatic heterocycles. The van der Waals surface area contributed by atoms with Crippen LogP contribution >= 0.6 is 11.3 Å². The van der Waals surface area contributed by atoms with E-state index in [1.54, 1.807) is 49.8 Å². The SMILES string of the molecule is CCc1sc(=NC(=O)c2ccc(OC)cc2)n(C)c1-c1ccc(OC)cc1. The van der Waals surface area contributed by atoms with Crippen LogP contribution in [0.1, 0.15) is 22.2 Å². The van der Waals surface area contributed by atoms with Gasteiger partial charge < -0.3 is 14.0 Å². The number of hydrogen-bond acceptors (Lipinski definition) is 4. The summed E-state index contributed by atoms with van der Waals surface area (Å²) < 4.78 is 12.4. The maximum Gasteiger partial charge on any atom is 0.279 e. The van der Waals surface area contributed by atoms with Crippen molar-refractivity contribution in [3.05, 3.63) is 63.8 Å². The second-order valence-electron chi connectivity index (χ2n) is 5.94. The molecule has 1 amide bonds. The van der Waals surface area contributed by atoms with E-state index >= 15 is 0 Å². The number of benzene rings is 2. The van der Waals surface area contributed by atoms with Crippen molar-refractivity contribution in [2.24, 2.45) is 12.0 Å². The van der Waals surface area contributed by atoms with Crippen LogP contribution in [-0.2, 0) is 13.5 Å². The molecular formula is C21H22N2O3S. The summed E-state index contributed by atoms with van der Waals surface area (Å²) >= 11 is 1.54. The highest BCUT2D eigenvalue weighted by molar-refractivity contribution is 7.09. The number of ether oxygens (including phenoxy) is 2. The molecule has 0 spiro atoms. The Labute approximate surface area is 162 Å². The lowest BCUT2D eigenvalue weighted by Crippen LogP contribution is -2.14. The van der Waals surface area contributed by atoms with Gasteiger partial charge in [-0.1, -0.05) is 6.92 Å². The number of amides is 1. The summed E-state index contributed by atoms with van der Waals surface area (Å²) in [6.45, 7) is 2.11. The van der Waals surface area contributed by atoms with Crippen molar-refractivity contribution in [3.8, 4) is 22.8 Å². The molecule has 6 heteroatoms. The Kier molecular flexibility index (Phi) is 5.76. The van der Waals surface area contributed by atoms with Gasteiger partial charge in [0.1, 0.15) is 11.5 Å². The highest BCUT2D eigenvalue weighted by Crippen LogP contribution is 2.27. The van der Waals surface area contributed by atoms with Crippen molar-refractivity contribution in [1.29, 1.82) is 0 Å². The molecule has 0 fully saturated rings. The zero-order valence-electron chi connectivity index (χ0n) is 15.9. The number of aryl methyl sites for hydroxylation is 1. The summed E-state index contributed by atoms with van der Waals surface area (Å²) in [7, 11) is 5.19. The van der Waals surface area contributed by atoms with Gasteiger partial charge >= 0.3 is 0 Å². The number of hydrogen-bond donors (Lipinski definition) is 0. The van der Waals surface area contributed by atoms with Gasteiger partial charge in [0.05, 0.1) is 19.9 Å². The van der Waals surface area contributed by atoms with Gasteiger partial charge in [-0.05, 0) is 60.5 Å². The third kappa shape index (κ3) is 3.95. The Morgan fingerprint density at radius 1 is 1.00 bits per heavy atom. The fourth-order valence-corrected chi connectivity index (χ4v) is 3.91. The van der Waals surface area contributed by atoms with E-state index in [0.29, 0.717) is 16.1 Å². The highest BCUT2D eigenvalue weighted by atomic mass is 32.1. The summed E-state index contributed by atoms with van der Waals surface area (Å²) in [5.74, 6) is 1.26. The first-order valence-corrected chi connectivity index (χ1v) is 9.45. The lowest BCUT2D eigenvalue weighted by molar-refractivity contribution is 0.0998. The molecule has 0 radical (unpaired) electrons. The van der Waals surface area contributed by atoms with Gasteiger partial charge in [0.15, 0.2) is 4.80 Å². The molecule has 3 aromatic rings. The predicted molar refractivity (Wildman–Crippen MR) is 108 cm³/mol. The smallest absolute Gasteiger partial charge is 0.279 e. The van der Waals surface area contributed by atoms with E-state index in [1.807, 2.05) is 35.9 Å². The molecular weight excluding hydrogens is 360 g/mol. The molecule has 0 bridgehead atoms. The van der Waals surface area contributed by atoms with Crippen molar-refractivity contribution in [1.82, 2.24) is 4.57 Å². The number of aromatic nitrogens is 1. The molecule has 140 valence electrons. The molecule has 0 saturated carbocycles. The van der Waals surface area contributed by atoms with E-state index in [-0.39, 0.29) is 5.91 Å². The Balaban J connectivity index is 2.01. The number of nitrogens with zero attached hydrogens (tertiary/aromatic N) is 2. The Bertz CT molecular complexity index is 999. The van der Waals surface area contributed by atoms with Crippen molar-refractivity contribution < 1.29 is 14.3 Å². The third-order valence-corrected chi connectivity index (χ3v) is 5.60. The largest absolute Gasteiger partial charge is 0.497 e. The molecule has 3 rings (SSSR count). The van der Waals surface area contributed by atoms with Crippen LogP contribution in [0.5, 0.6) is 11.5 Å². The first-order chi connectivity index (χ1) is 13.1. The summed E-state index contributed by atoms with van der Waals surface area (Å²) in [4.78, 5) is 18.8. The van der Waals surface area contributed by atoms with Crippen LogP contribution in [0.25, 0.3) is 11.3 Å². The van der Waals surface area contributed by atoms with Crippen LogP contribution in [0, 0.1) is 0 Å². The van der Waals surface area contributed by atoms with Crippen LogP contribution < -0.4 is 14.3 Å². The van der Waals surface area contributed by atoms with Gasteiger partial charge in [-0.25, -0.2) is 0 Å². The first-order valence-electron chi connectivity index (χ1n) is 8.63. The molecule has 0 N–H and O–H groups in total. The molecule has 0 saturated heterocycles. The average molecular weight is 382 g/mol. The van der Waals surface area contributed by atoms with Crippen LogP contribution in [-0.4, -0.2) is 24.7 Å². The van der Waals surface area contributed by atoms with Crippen LogP contribution in [0.4, 0.5) is 0 Å². The molecule has 1 aromatic heterocycles. The maximum absolute atomic E-state index is 12.6. The Morgan fingerprint density at radius 2 is 1.56 bits per heavy atom. The monoisotopic (exact) mass is 382 g/mol. The molecule has 0 unspecified atom stereocenters. The summed E-state index contributed by atoms with van der Waals surface area (Å²) in [5, 5.41) is 0. The lowest BCUT2D eigenvalue weighted by atomic mass is 10.1. The van der Waals surface area contributed by atoms with Crippen molar-refractivity contribution in [2.45, 2.75) is 13.3 Å². The van der Waals surface area contributed by atoms with Gasteiger partial charge in [-0.15, -0.1) is 11.3 Å². The fraction of sp³-hybridized carbons (Fsp3) is 0.238.